The molecule has 2 aromatic carbocycles. The number of amides is 5. The molecule has 0 saturated heterocycles. The summed E-state index contributed by atoms with van der Waals surface area (Å²) in [5, 5.41) is 21.3. The van der Waals surface area contributed by atoms with Gasteiger partial charge in [-0.2, -0.15) is 0 Å². The van der Waals surface area contributed by atoms with Crippen molar-refractivity contribution in [2.75, 3.05) is 18.5 Å². The quantitative estimate of drug-likeness (QED) is 0.0166. The van der Waals surface area contributed by atoms with Gasteiger partial charge in [0.1, 0.15) is 24.4 Å². The maximum absolute atomic E-state index is 13.1. The van der Waals surface area contributed by atoms with E-state index in [1.165, 1.54) is 101 Å². The van der Waals surface area contributed by atoms with Crippen molar-refractivity contribution in [1.29, 1.82) is 0 Å². The summed E-state index contributed by atoms with van der Waals surface area (Å²) >= 11 is 0. The molecule has 4 aliphatic carbocycles. The predicted molar refractivity (Wildman–Crippen MR) is 272 cm³/mol. The van der Waals surface area contributed by atoms with E-state index in [2.05, 4.69) is 62.0 Å². The van der Waals surface area contributed by atoms with E-state index in [9.17, 15) is 38.9 Å². The number of ether oxygens (including phenoxy) is 3. The van der Waals surface area contributed by atoms with E-state index in [1.54, 1.807) is 17.7 Å². The Balaban J connectivity index is 0.848. The van der Waals surface area contributed by atoms with Gasteiger partial charge in [-0.05, 0) is 141 Å². The maximum Gasteiger partial charge on any atom is 0.514 e. The Labute approximate surface area is 424 Å². The Morgan fingerprint density at radius 1 is 0.833 bits per heavy atom. The van der Waals surface area contributed by atoms with E-state index in [0.29, 0.717) is 36.2 Å². The lowest BCUT2D eigenvalue weighted by atomic mass is 9.47. The first-order chi connectivity index (χ1) is 34.2. The van der Waals surface area contributed by atoms with Gasteiger partial charge >= 0.3 is 6.16 Å². The van der Waals surface area contributed by atoms with Crippen LogP contribution in [0.5, 0.6) is 5.75 Å². The summed E-state index contributed by atoms with van der Waals surface area (Å²) in [4.78, 5) is 85.7. The Morgan fingerprint density at radius 3 is 2.25 bits per heavy atom. The molecule has 3 fully saturated rings. The zero-order chi connectivity index (χ0) is 52.2. The zero-order valence-corrected chi connectivity index (χ0v) is 43.1. The summed E-state index contributed by atoms with van der Waals surface area (Å²) in [6.45, 7) is 14.6. The third kappa shape index (κ3) is 14.7. The van der Waals surface area contributed by atoms with Crippen molar-refractivity contribution >= 4 is 47.1 Å². The van der Waals surface area contributed by atoms with Gasteiger partial charge in [0, 0.05) is 43.8 Å². The van der Waals surface area contributed by atoms with Crippen molar-refractivity contribution < 1.29 is 47.9 Å². The number of hydrogen-bond acceptors (Lipinski definition) is 11. The van der Waals surface area contributed by atoms with Gasteiger partial charge in [-0.15, -0.1) is 0 Å². The number of hydrogen-bond donors (Lipinski definition) is 5. The van der Waals surface area contributed by atoms with Crippen LogP contribution in [0.25, 0.3) is 0 Å². The number of carbonyl (C=O) groups is 6. The Bertz CT molecular complexity index is 2270. The van der Waals surface area contributed by atoms with Crippen LogP contribution in [-0.2, 0) is 40.1 Å². The Hall–Kier alpha value is -5.84. The summed E-state index contributed by atoms with van der Waals surface area (Å²) < 4.78 is 16.5. The number of carbonyl (C=O) groups excluding carboxylic acids is 6. The molecule has 6 rings (SSSR count). The van der Waals surface area contributed by atoms with E-state index in [1.807, 2.05) is 0 Å². The number of non-ortho nitro benzene ring substituents is 1. The monoisotopic (exact) mass is 999 g/mol. The van der Waals surface area contributed by atoms with Crippen molar-refractivity contribution in [3.63, 3.8) is 0 Å². The summed E-state index contributed by atoms with van der Waals surface area (Å²) in [6, 6.07) is 8.53. The minimum Gasteiger partial charge on any atom is -0.429 e. The van der Waals surface area contributed by atoms with Gasteiger partial charge in [-0.3, -0.25) is 34.1 Å². The average molecular weight is 999 g/mol. The van der Waals surface area contributed by atoms with Gasteiger partial charge in [0.25, 0.3) is 5.69 Å². The molecule has 3 saturated carbocycles. The van der Waals surface area contributed by atoms with E-state index >= 15 is 0 Å². The van der Waals surface area contributed by atoms with Crippen molar-refractivity contribution in [3.05, 3.63) is 75.9 Å². The topological polar surface area (TPSA) is 247 Å². The molecule has 10 atom stereocenters. The molecule has 17 nitrogen and oxygen atoms in total. The molecule has 72 heavy (non-hydrogen) atoms. The minimum absolute atomic E-state index is 0.0567. The number of nitro groups is 1. The summed E-state index contributed by atoms with van der Waals surface area (Å²) in [5.74, 6) is 1.74. The van der Waals surface area contributed by atoms with Crippen LogP contribution in [0.4, 0.5) is 16.2 Å². The number of rotatable bonds is 24. The van der Waals surface area contributed by atoms with Crippen LogP contribution >= 0.6 is 0 Å². The summed E-state index contributed by atoms with van der Waals surface area (Å²) in [7, 11) is 0. The highest BCUT2D eigenvalue weighted by atomic mass is 16.7. The van der Waals surface area contributed by atoms with Crippen LogP contribution in [-0.4, -0.2) is 72.0 Å². The molecule has 0 aliphatic heterocycles. The molecule has 0 unspecified atom stereocenters. The Morgan fingerprint density at radius 2 is 1.56 bits per heavy atom. The number of nitrogens with zero attached hydrogens (tertiary/aromatic N) is 1. The molecule has 6 N–H and O–H groups in total. The number of primary amides is 1. The molecular formula is C55H78N6O11. The zero-order valence-electron chi connectivity index (χ0n) is 43.1. The highest BCUT2D eigenvalue weighted by Gasteiger charge is 2.59. The number of nitro benzene ring substituents is 1. The van der Waals surface area contributed by atoms with Crippen LogP contribution in [0.1, 0.15) is 143 Å². The SMILES string of the molecule is CC(C)CCC[C@@H](C)[C@H]1CC[C@H]2[C@@H]3CC=C4C[C@@H](OCCCNC(=O)CCC(=O)N[C@@H](C)C(=O)N[C@@H](CC(N)=O)C(=O)Nc5ccc(COC(=O)Oc6ccc([N+](=O)[O-])cc6)cc5)CC[C@]4(C)[C@H]3CC[C@]12C. The summed E-state index contributed by atoms with van der Waals surface area (Å²) in [5.41, 5.74) is 8.37. The predicted octanol–water partition coefficient (Wildman–Crippen LogP) is 8.83. The summed E-state index contributed by atoms with van der Waals surface area (Å²) in [6.07, 6.45) is 15.7. The molecule has 0 spiro atoms. The van der Waals surface area contributed by atoms with Crippen molar-refractivity contribution in [2.24, 2.45) is 52.1 Å². The molecule has 0 bridgehead atoms. The average Bonchev–Trinajstić information content (AvgIpc) is 3.70. The first-order valence-corrected chi connectivity index (χ1v) is 26.2. The van der Waals surface area contributed by atoms with Gasteiger partial charge in [0.15, 0.2) is 0 Å². The lowest BCUT2D eigenvalue weighted by molar-refractivity contribution is -0.384. The van der Waals surface area contributed by atoms with Gasteiger partial charge in [0.2, 0.25) is 29.5 Å². The first kappa shape index (κ1) is 55.5. The number of nitrogens with one attached hydrogen (secondary N) is 4. The molecule has 0 heterocycles. The highest BCUT2D eigenvalue weighted by Crippen LogP contribution is 2.67. The van der Waals surface area contributed by atoms with Gasteiger partial charge in [-0.25, -0.2) is 4.79 Å². The van der Waals surface area contributed by atoms with Crippen molar-refractivity contribution in [1.82, 2.24) is 16.0 Å². The second-order valence-corrected chi connectivity index (χ2v) is 21.8. The fourth-order valence-electron chi connectivity index (χ4n) is 12.6. The molecule has 4 aliphatic rings. The Kier molecular flexibility index (Phi) is 19.4. The highest BCUT2D eigenvalue weighted by molar-refractivity contribution is 6.00. The molecule has 17 heteroatoms. The first-order valence-electron chi connectivity index (χ1n) is 26.2. The number of fused-ring (bicyclic) bond motifs is 5. The molecule has 0 aromatic heterocycles. The molecule has 2 aromatic rings. The minimum atomic E-state index is -1.37. The third-order valence-corrected chi connectivity index (χ3v) is 16.5. The fourth-order valence-corrected chi connectivity index (χ4v) is 12.6. The van der Waals surface area contributed by atoms with E-state index < -0.39 is 53.2 Å². The van der Waals surface area contributed by atoms with Gasteiger partial charge in [0.05, 0.1) is 17.4 Å². The van der Waals surface area contributed by atoms with E-state index in [0.717, 1.165) is 48.3 Å². The van der Waals surface area contributed by atoms with Gasteiger partial charge in [-0.1, -0.05) is 77.7 Å². The van der Waals surface area contributed by atoms with E-state index in [4.69, 9.17) is 19.9 Å². The third-order valence-electron chi connectivity index (χ3n) is 16.5. The van der Waals surface area contributed by atoms with Crippen LogP contribution in [0.3, 0.4) is 0 Å². The van der Waals surface area contributed by atoms with Crippen LogP contribution in [0, 0.1) is 56.5 Å². The van der Waals surface area contributed by atoms with Crippen LogP contribution in [0.15, 0.2) is 60.2 Å². The molecule has 5 amide bonds. The second-order valence-electron chi connectivity index (χ2n) is 21.8. The van der Waals surface area contributed by atoms with Gasteiger partial charge < -0.3 is 41.2 Å². The lowest BCUT2D eigenvalue weighted by Crippen LogP contribution is -2.52. The lowest BCUT2D eigenvalue weighted by Gasteiger charge is -2.58. The maximum atomic E-state index is 13.1. The van der Waals surface area contributed by atoms with E-state index in [-0.39, 0.29) is 48.3 Å². The van der Waals surface area contributed by atoms with Crippen LogP contribution < -0.4 is 31.7 Å². The molecule has 394 valence electrons. The largest absolute Gasteiger partial charge is 0.514 e. The van der Waals surface area contributed by atoms with Crippen LogP contribution in [0.2, 0.25) is 0 Å². The second kappa shape index (κ2) is 25.2. The smallest absolute Gasteiger partial charge is 0.429 e. The fraction of sp³-hybridized carbons (Fsp3) is 0.636. The number of anilines is 1. The van der Waals surface area contributed by atoms with Crippen molar-refractivity contribution in [3.8, 4) is 5.75 Å². The molecule has 0 radical (unpaired) electrons. The normalized spacial score (nSPS) is 25.5. The molecular weight excluding hydrogens is 921 g/mol. The number of allylic oxidation sites excluding steroid dienone is 1. The standard InChI is InChI=1S/C55H78N6O11/c1-34(2)9-7-10-35(3)44-21-22-45-43-20-13-38-31-42(25-27-54(38,5)46(43)26-28-55(44,45)6)70-30-8-29-57-49(63)23-24-50(64)58-36(4)51(65)60-47(32-48(56)62)52(66)59-39-14-11-37(12-15-39)33-71-53(67)72-41-18-16-40(17-19-41)61(68)69/h11-19,34-36,42-47H,7-10,20-33H2,1-6H3,(H2,56,62)(H,57,63)(H,58,64)(H,59,66)(H,60,65)/t35-,36+,42+,43+,44-,45+,46+,47+,54+,55-/m1/s1. The van der Waals surface area contributed by atoms with Crippen molar-refractivity contribution in [2.45, 2.75) is 163 Å². The number of nitrogens with two attached hydrogens (primary N) is 1. The number of benzene rings is 2.